The zero-order valence-corrected chi connectivity index (χ0v) is 36.9. The molecule has 0 spiro atoms. The zero-order chi connectivity index (χ0) is 42.2. The predicted molar refractivity (Wildman–Crippen MR) is 228 cm³/mol. The largest absolute Gasteiger partial charge is 0.392 e. The van der Waals surface area contributed by atoms with Gasteiger partial charge < -0.3 is 34.3 Å². The van der Waals surface area contributed by atoms with Crippen LogP contribution >= 0.6 is 0 Å². The van der Waals surface area contributed by atoms with Gasteiger partial charge in [-0.1, -0.05) is 65.3 Å². The third-order valence-corrected chi connectivity index (χ3v) is 17.7. The fourth-order valence-corrected chi connectivity index (χ4v) is 14.5. The molecule has 0 bridgehead atoms. The van der Waals surface area contributed by atoms with Gasteiger partial charge >= 0.3 is 0 Å². The molecule has 0 radical (unpaired) electrons. The highest BCUT2D eigenvalue weighted by atomic mass is 16.6. The molecule has 3 saturated carbocycles. The minimum absolute atomic E-state index is 0.118. The molecule has 10 atom stereocenters. The van der Waals surface area contributed by atoms with Crippen LogP contribution in [0.3, 0.4) is 0 Å². The van der Waals surface area contributed by atoms with E-state index in [1.54, 1.807) is 0 Å². The number of epoxide rings is 1. The van der Waals surface area contributed by atoms with Crippen LogP contribution < -0.4 is 0 Å². The molecule has 2 aromatic heterocycles. The maximum absolute atomic E-state index is 14.7. The van der Waals surface area contributed by atoms with Gasteiger partial charge in [-0.15, -0.1) is 0 Å². The summed E-state index contributed by atoms with van der Waals surface area (Å²) in [5.74, 6) is -0.0776. The van der Waals surface area contributed by atoms with Crippen LogP contribution in [0.15, 0.2) is 47.8 Å². The number of aryl methyl sites for hydroxylation is 1. The smallest absolute Gasteiger partial charge is 0.160 e. The third-order valence-electron chi connectivity index (χ3n) is 17.7. The van der Waals surface area contributed by atoms with Crippen LogP contribution in [0, 0.1) is 52.3 Å². The van der Waals surface area contributed by atoms with E-state index in [1.165, 1.54) is 0 Å². The van der Waals surface area contributed by atoms with E-state index in [2.05, 4.69) is 88.5 Å². The lowest BCUT2D eigenvalue weighted by Crippen LogP contribution is -2.67. The number of ether oxygens (including phenoxy) is 2. The summed E-state index contributed by atoms with van der Waals surface area (Å²) in [6.45, 7) is 21.0. The Balaban J connectivity index is 1.14. The Labute approximate surface area is 350 Å². The summed E-state index contributed by atoms with van der Waals surface area (Å²) in [5, 5.41) is 36.4. The maximum atomic E-state index is 14.7. The highest BCUT2D eigenvalue weighted by Gasteiger charge is 2.72. The van der Waals surface area contributed by atoms with E-state index in [9.17, 15) is 24.9 Å². The zero-order valence-electron chi connectivity index (χ0n) is 36.9. The molecule has 9 heteroatoms. The van der Waals surface area contributed by atoms with Gasteiger partial charge in [0.2, 0.25) is 0 Å². The predicted octanol–water partition coefficient (Wildman–Crippen LogP) is 8.13. The number of aliphatic hydroxyl groups is 3. The average molecular weight is 809 g/mol. The topological polar surface area (TPSA) is 137 Å². The monoisotopic (exact) mass is 809 g/mol. The first kappa shape index (κ1) is 41.3. The number of fused-ring (bicyclic) bond motifs is 6. The van der Waals surface area contributed by atoms with Crippen LogP contribution in [0.4, 0.5) is 0 Å². The van der Waals surface area contributed by atoms with Crippen molar-refractivity contribution in [2.45, 2.75) is 156 Å². The van der Waals surface area contributed by atoms with Gasteiger partial charge in [0, 0.05) is 81.0 Å². The van der Waals surface area contributed by atoms with Crippen molar-refractivity contribution in [1.29, 1.82) is 0 Å². The summed E-state index contributed by atoms with van der Waals surface area (Å²) in [6.07, 6.45) is 8.15. The molecule has 59 heavy (non-hydrogen) atoms. The highest BCUT2D eigenvalue weighted by molar-refractivity contribution is 6.01. The number of benzene rings is 1. The molecule has 4 N–H and O–H groups in total. The van der Waals surface area contributed by atoms with Crippen molar-refractivity contribution in [3.8, 4) is 0 Å². The Bertz CT molecular complexity index is 2220. The third kappa shape index (κ3) is 6.17. The Kier molecular flexibility index (Phi) is 9.59. The molecule has 320 valence electrons. The SMILES string of the molecule is Cc1cc(Cc2cn(CC3C4=C(C(C)CC(O)C5OC5(C)C)C(=O)CC4(C)C4(C)CCC5C(C)(C)C(=O)CCC5(C)C4C3O)c3cc[nH]c23)cc(C2(O)CCOCC2)c1. The average Bonchev–Trinajstić information content (AvgIpc) is 3.44. The van der Waals surface area contributed by atoms with Gasteiger partial charge in [0.15, 0.2) is 5.78 Å². The molecule has 2 aliphatic heterocycles. The normalized spacial score (nSPS) is 36.9. The summed E-state index contributed by atoms with van der Waals surface area (Å²) in [7, 11) is 0. The Morgan fingerprint density at radius 2 is 1.71 bits per heavy atom. The van der Waals surface area contributed by atoms with E-state index in [-0.39, 0.29) is 52.0 Å². The molecule has 9 nitrogen and oxygen atoms in total. The van der Waals surface area contributed by atoms with Gasteiger partial charge in [-0.25, -0.2) is 0 Å². The first-order valence-corrected chi connectivity index (χ1v) is 22.6. The van der Waals surface area contributed by atoms with Crippen LogP contribution in [0.25, 0.3) is 11.0 Å². The molecule has 5 fully saturated rings. The van der Waals surface area contributed by atoms with Crippen LogP contribution in [-0.2, 0) is 37.6 Å². The lowest BCUT2D eigenvalue weighted by molar-refractivity contribution is -0.220. The molecular weight excluding hydrogens is 741 g/mol. The number of aromatic nitrogens is 2. The van der Waals surface area contributed by atoms with Crippen LogP contribution in [0.2, 0.25) is 0 Å². The van der Waals surface area contributed by atoms with Crippen molar-refractivity contribution >= 4 is 22.6 Å². The second-order valence-corrected chi connectivity index (χ2v) is 21.9. The van der Waals surface area contributed by atoms with E-state index < -0.39 is 28.6 Å². The fraction of sp³-hybridized carbons (Fsp3) is 0.680. The lowest BCUT2D eigenvalue weighted by atomic mass is 9.34. The standard InChI is InChI=1S/C50H68N2O7/c1-28-20-30(24-32(21-28)50(57)15-18-58-19-16-50)23-31-26-52(34-12-17-51-41(31)34)27-33-40-39(29(2)22-35(53)44-46(5,6)59-44)36(54)25-49(40,9)48(8)14-10-37-45(3,4)38(55)11-13-47(37,7)43(48)42(33)56/h12,17,20-21,24,26,29,33,35,37,42-44,51,53,56-57H,10-11,13-16,18-19,22-23,25,27H2,1-9H3. The molecule has 3 aromatic rings. The number of nitrogens with zero attached hydrogens (tertiary/aromatic N) is 1. The van der Waals surface area contributed by atoms with Crippen molar-refractivity contribution in [1.82, 2.24) is 9.55 Å². The Hall–Kier alpha value is -3.08. The number of hydrogen-bond acceptors (Lipinski definition) is 7. The van der Waals surface area contributed by atoms with Crippen molar-refractivity contribution in [3.63, 3.8) is 0 Å². The van der Waals surface area contributed by atoms with Gasteiger partial charge in [-0.2, -0.15) is 0 Å². The van der Waals surface area contributed by atoms with E-state index in [1.807, 2.05) is 20.0 Å². The second kappa shape index (κ2) is 13.7. The number of H-pyrrole nitrogens is 1. The van der Waals surface area contributed by atoms with Gasteiger partial charge in [-0.05, 0) is 109 Å². The summed E-state index contributed by atoms with van der Waals surface area (Å²) >= 11 is 0. The van der Waals surface area contributed by atoms with Gasteiger partial charge in [0.25, 0.3) is 0 Å². The molecular formula is C50H68N2O7. The number of ketones is 2. The number of hydrogen-bond donors (Lipinski definition) is 4. The van der Waals surface area contributed by atoms with E-state index in [4.69, 9.17) is 9.47 Å². The lowest BCUT2D eigenvalue weighted by Gasteiger charge is -2.70. The molecule has 9 rings (SSSR count). The van der Waals surface area contributed by atoms with E-state index in [0.29, 0.717) is 64.1 Å². The van der Waals surface area contributed by atoms with Crippen molar-refractivity contribution in [2.75, 3.05) is 13.2 Å². The molecule has 0 amide bonds. The van der Waals surface area contributed by atoms with E-state index in [0.717, 1.165) is 63.7 Å². The second-order valence-electron chi connectivity index (χ2n) is 21.9. The Morgan fingerprint density at radius 1 is 1.00 bits per heavy atom. The van der Waals surface area contributed by atoms with Crippen LogP contribution in [0.5, 0.6) is 0 Å². The maximum Gasteiger partial charge on any atom is 0.160 e. The molecule has 1 aromatic carbocycles. The Morgan fingerprint density at radius 3 is 2.41 bits per heavy atom. The van der Waals surface area contributed by atoms with Crippen molar-refractivity contribution in [2.24, 2.45) is 45.3 Å². The molecule has 6 aliphatic rings. The number of carbonyl (C=O) groups excluding carboxylic acids is 2. The molecule has 2 saturated heterocycles. The number of nitrogens with one attached hydrogen (secondary N) is 1. The van der Waals surface area contributed by atoms with Crippen LogP contribution in [-0.4, -0.2) is 73.6 Å². The van der Waals surface area contributed by atoms with Gasteiger partial charge in [-0.3, -0.25) is 9.59 Å². The minimum atomic E-state index is -0.903. The van der Waals surface area contributed by atoms with Crippen LogP contribution in [0.1, 0.15) is 129 Å². The number of aromatic amines is 1. The summed E-state index contributed by atoms with van der Waals surface area (Å²) in [6, 6.07) is 8.58. The minimum Gasteiger partial charge on any atom is -0.392 e. The summed E-state index contributed by atoms with van der Waals surface area (Å²) in [5.41, 5.74) is 5.38. The summed E-state index contributed by atoms with van der Waals surface area (Å²) in [4.78, 5) is 31.8. The number of aliphatic hydroxyl groups excluding tert-OH is 2. The van der Waals surface area contributed by atoms with Crippen molar-refractivity contribution < 1.29 is 34.4 Å². The molecule has 4 aliphatic carbocycles. The van der Waals surface area contributed by atoms with Crippen molar-refractivity contribution in [3.05, 3.63) is 70.1 Å². The highest BCUT2D eigenvalue weighted by Crippen LogP contribution is 2.75. The number of carbonyl (C=O) groups is 2. The quantitative estimate of drug-likeness (QED) is 0.160. The van der Waals surface area contributed by atoms with Gasteiger partial charge in [0.1, 0.15) is 11.9 Å². The number of allylic oxidation sites excluding steroid dienone is 1. The fourth-order valence-electron chi connectivity index (χ4n) is 14.5. The van der Waals surface area contributed by atoms with Gasteiger partial charge in [0.05, 0.1) is 34.4 Å². The number of rotatable bonds is 9. The first-order chi connectivity index (χ1) is 27.6. The molecule has 10 unspecified atom stereocenters. The number of Topliss-reactive ketones (excluding diaryl/α,β-unsaturated/α-hetero) is 2. The molecule has 4 heterocycles. The first-order valence-electron chi connectivity index (χ1n) is 22.6. The summed E-state index contributed by atoms with van der Waals surface area (Å²) < 4.78 is 13.7. The van der Waals surface area contributed by atoms with E-state index >= 15 is 0 Å².